The van der Waals surface area contributed by atoms with Crippen molar-refractivity contribution in [1.29, 1.82) is 0 Å². The van der Waals surface area contributed by atoms with Gasteiger partial charge in [-0.25, -0.2) is 0 Å². The Morgan fingerprint density at radius 3 is 2.50 bits per heavy atom. The number of hydrogen-bond donors (Lipinski definition) is 1. The number of terminal acetylenes is 1. The van der Waals surface area contributed by atoms with E-state index in [2.05, 4.69) is 18.2 Å². The molecule has 1 unspecified atom stereocenters. The first-order valence-corrected chi connectivity index (χ1v) is 5.62. The van der Waals surface area contributed by atoms with Gasteiger partial charge in [-0.15, -0.1) is 6.42 Å². The van der Waals surface area contributed by atoms with Crippen LogP contribution in [-0.4, -0.2) is 24.8 Å². The molecule has 1 rings (SSSR count). The standard InChI is InChI=1S/C12H21NO/c1-4-11(13-5-2)12(14-6-3)9-7-8-10-12/h1,11,13H,5-10H2,2-3H3. The average Bonchev–Trinajstić information content (AvgIpc) is 2.64. The maximum absolute atomic E-state index is 5.89. The number of nitrogens with one attached hydrogen (secondary N) is 1. The number of hydrogen-bond acceptors (Lipinski definition) is 2. The first kappa shape index (κ1) is 11.6. The molecule has 0 radical (unpaired) electrons. The number of rotatable bonds is 5. The van der Waals surface area contributed by atoms with Crippen LogP contribution in [0.1, 0.15) is 39.5 Å². The Balaban J connectivity index is 2.69. The molecule has 0 aromatic heterocycles. The smallest absolute Gasteiger partial charge is 0.0981 e. The van der Waals surface area contributed by atoms with Gasteiger partial charge in [0.15, 0.2) is 0 Å². The van der Waals surface area contributed by atoms with Gasteiger partial charge in [-0.1, -0.05) is 25.7 Å². The van der Waals surface area contributed by atoms with Crippen molar-refractivity contribution in [2.24, 2.45) is 0 Å². The first-order chi connectivity index (χ1) is 6.79. The van der Waals surface area contributed by atoms with Crippen molar-refractivity contribution in [3.63, 3.8) is 0 Å². The molecule has 1 N–H and O–H groups in total. The maximum atomic E-state index is 5.89. The molecule has 1 fully saturated rings. The Labute approximate surface area is 87.4 Å². The molecule has 14 heavy (non-hydrogen) atoms. The molecule has 2 heteroatoms. The van der Waals surface area contributed by atoms with Gasteiger partial charge in [0.2, 0.25) is 0 Å². The molecule has 0 saturated heterocycles. The Bertz CT molecular complexity index is 201. The SMILES string of the molecule is C#CC(NCC)C1(OCC)CCCC1. The van der Waals surface area contributed by atoms with Gasteiger partial charge in [-0.3, -0.25) is 0 Å². The van der Waals surface area contributed by atoms with Gasteiger partial charge in [0.05, 0.1) is 11.6 Å². The summed E-state index contributed by atoms with van der Waals surface area (Å²) in [6.45, 7) is 5.78. The zero-order chi connectivity index (χ0) is 10.4. The minimum atomic E-state index is -0.0838. The fourth-order valence-electron chi connectivity index (χ4n) is 2.38. The Morgan fingerprint density at radius 2 is 2.07 bits per heavy atom. The highest BCUT2D eigenvalue weighted by molar-refractivity contribution is 5.12. The van der Waals surface area contributed by atoms with Crippen LogP contribution in [0.3, 0.4) is 0 Å². The lowest BCUT2D eigenvalue weighted by Gasteiger charge is -2.34. The van der Waals surface area contributed by atoms with E-state index >= 15 is 0 Å². The summed E-state index contributed by atoms with van der Waals surface area (Å²) in [6.07, 6.45) is 10.2. The van der Waals surface area contributed by atoms with Gasteiger partial charge in [-0.2, -0.15) is 0 Å². The van der Waals surface area contributed by atoms with Crippen molar-refractivity contribution >= 4 is 0 Å². The molecule has 0 aromatic rings. The second-order valence-electron chi connectivity index (χ2n) is 3.86. The van der Waals surface area contributed by atoms with E-state index in [1.165, 1.54) is 12.8 Å². The molecule has 1 saturated carbocycles. The lowest BCUT2D eigenvalue weighted by Crippen LogP contribution is -2.50. The van der Waals surface area contributed by atoms with Crippen LogP contribution in [0.5, 0.6) is 0 Å². The molecular formula is C12H21NO. The van der Waals surface area contributed by atoms with Crippen LogP contribution in [0.2, 0.25) is 0 Å². The molecule has 1 aliphatic carbocycles. The van der Waals surface area contributed by atoms with E-state index in [-0.39, 0.29) is 11.6 Å². The Kier molecular flexibility index (Phi) is 4.44. The maximum Gasteiger partial charge on any atom is 0.0981 e. The molecule has 0 bridgehead atoms. The first-order valence-electron chi connectivity index (χ1n) is 5.62. The molecule has 0 aliphatic heterocycles. The summed E-state index contributed by atoms with van der Waals surface area (Å²) >= 11 is 0. The lowest BCUT2D eigenvalue weighted by atomic mass is 9.92. The summed E-state index contributed by atoms with van der Waals surface area (Å²) in [5.74, 6) is 2.83. The predicted octanol–water partition coefficient (Wildman–Crippen LogP) is 1.95. The summed E-state index contributed by atoms with van der Waals surface area (Å²) < 4.78 is 5.89. The molecule has 1 aliphatic rings. The number of likely N-dealkylation sites (N-methyl/N-ethyl adjacent to an activating group) is 1. The van der Waals surface area contributed by atoms with Crippen LogP contribution < -0.4 is 5.32 Å². The van der Waals surface area contributed by atoms with Gasteiger partial charge in [0.25, 0.3) is 0 Å². The van der Waals surface area contributed by atoms with E-state index in [9.17, 15) is 0 Å². The van der Waals surface area contributed by atoms with Crippen molar-refractivity contribution in [3.05, 3.63) is 0 Å². The quantitative estimate of drug-likeness (QED) is 0.677. The molecule has 1 atom stereocenters. The number of ether oxygens (including phenoxy) is 1. The van der Waals surface area contributed by atoms with Gasteiger partial charge >= 0.3 is 0 Å². The topological polar surface area (TPSA) is 21.3 Å². The molecule has 0 heterocycles. The van der Waals surface area contributed by atoms with Crippen molar-refractivity contribution < 1.29 is 4.74 Å². The van der Waals surface area contributed by atoms with Crippen molar-refractivity contribution in [1.82, 2.24) is 5.32 Å². The summed E-state index contributed by atoms with van der Waals surface area (Å²) in [4.78, 5) is 0. The van der Waals surface area contributed by atoms with Crippen LogP contribution in [0.15, 0.2) is 0 Å². The summed E-state index contributed by atoms with van der Waals surface area (Å²) in [6, 6.07) is 0.0787. The highest BCUT2D eigenvalue weighted by atomic mass is 16.5. The predicted molar refractivity (Wildman–Crippen MR) is 59.1 cm³/mol. The third kappa shape index (κ3) is 2.29. The van der Waals surface area contributed by atoms with Crippen molar-refractivity contribution in [2.75, 3.05) is 13.2 Å². The minimum Gasteiger partial charge on any atom is -0.373 e. The normalized spacial score (nSPS) is 21.8. The molecule has 0 aromatic carbocycles. The minimum absolute atomic E-state index is 0.0787. The van der Waals surface area contributed by atoms with E-state index in [1.54, 1.807) is 0 Å². The third-order valence-corrected chi connectivity index (χ3v) is 2.98. The highest BCUT2D eigenvalue weighted by Crippen LogP contribution is 2.35. The molecule has 0 amide bonds. The Hall–Kier alpha value is -0.520. The van der Waals surface area contributed by atoms with Gasteiger partial charge < -0.3 is 10.1 Å². The molecule has 2 nitrogen and oxygen atoms in total. The summed E-state index contributed by atoms with van der Waals surface area (Å²) in [7, 11) is 0. The fourth-order valence-corrected chi connectivity index (χ4v) is 2.38. The summed E-state index contributed by atoms with van der Waals surface area (Å²) in [5.41, 5.74) is -0.0838. The highest BCUT2D eigenvalue weighted by Gasteiger charge is 2.40. The summed E-state index contributed by atoms with van der Waals surface area (Å²) in [5, 5.41) is 3.34. The van der Waals surface area contributed by atoms with Gasteiger partial charge in [-0.05, 0) is 26.3 Å². The van der Waals surface area contributed by atoms with Crippen molar-refractivity contribution in [2.45, 2.75) is 51.2 Å². The zero-order valence-electron chi connectivity index (χ0n) is 9.31. The monoisotopic (exact) mass is 195 g/mol. The van der Waals surface area contributed by atoms with Crippen LogP contribution in [0.4, 0.5) is 0 Å². The van der Waals surface area contributed by atoms with Crippen LogP contribution in [0, 0.1) is 12.3 Å². The Morgan fingerprint density at radius 1 is 1.43 bits per heavy atom. The fraction of sp³-hybridized carbons (Fsp3) is 0.833. The zero-order valence-corrected chi connectivity index (χ0v) is 9.31. The molecular weight excluding hydrogens is 174 g/mol. The second-order valence-corrected chi connectivity index (χ2v) is 3.86. The van der Waals surface area contributed by atoms with Gasteiger partial charge in [0.1, 0.15) is 0 Å². The van der Waals surface area contributed by atoms with Crippen LogP contribution in [-0.2, 0) is 4.74 Å². The molecule has 80 valence electrons. The van der Waals surface area contributed by atoms with Crippen molar-refractivity contribution in [3.8, 4) is 12.3 Å². The second kappa shape index (κ2) is 5.38. The lowest BCUT2D eigenvalue weighted by molar-refractivity contribution is -0.0478. The van der Waals surface area contributed by atoms with E-state index in [4.69, 9.17) is 11.2 Å². The third-order valence-electron chi connectivity index (χ3n) is 2.98. The van der Waals surface area contributed by atoms with Crippen LogP contribution in [0.25, 0.3) is 0 Å². The van der Waals surface area contributed by atoms with Gasteiger partial charge in [0, 0.05) is 6.61 Å². The van der Waals surface area contributed by atoms with E-state index in [0.29, 0.717) is 0 Å². The average molecular weight is 195 g/mol. The largest absolute Gasteiger partial charge is 0.373 e. The van der Waals surface area contributed by atoms with E-state index < -0.39 is 0 Å². The van der Waals surface area contributed by atoms with E-state index in [1.807, 2.05) is 6.92 Å². The van der Waals surface area contributed by atoms with Crippen LogP contribution >= 0.6 is 0 Å². The van der Waals surface area contributed by atoms with E-state index in [0.717, 1.165) is 26.0 Å². The molecule has 0 spiro atoms.